The molecule has 2 aliphatic carbocycles. The summed E-state index contributed by atoms with van der Waals surface area (Å²) in [7, 11) is 1.42. The third-order valence-corrected chi connectivity index (χ3v) is 8.91. The molecule has 0 saturated heterocycles. The summed E-state index contributed by atoms with van der Waals surface area (Å²) in [4.78, 5) is 36.9. The number of carbonyl (C=O) groups is 3. The minimum absolute atomic E-state index is 0.0330. The van der Waals surface area contributed by atoms with Crippen molar-refractivity contribution in [2.24, 2.45) is 28.6 Å². The Morgan fingerprint density at radius 1 is 1.21 bits per heavy atom. The summed E-state index contributed by atoms with van der Waals surface area (Å²) < 4.78 is 17.0. The first kappa shape index (κ1) is 28.1. The minimum atomic E-state index is -0.573. The molecule has 0 N–H and O–H groups in total. The Hall–Kier alpha value is -2.11. The van der Waals surface area contributed by atoms with Crippen LogP contribution in [0.2, 0.25) is 0 Å². The Morgan fingerprint density at radius 3 is 2.41 bits per heavy atom. The predicted octanol–water partition coefficient (Wildman–Crippen LogP) is 5.79. The molecular formula is C28H44O6. The lowest BCUT2D eigenvalue weighted by atomic mass is 9.45. The summed E-state index contributed by atoms with van der Waals surface area (Å²) in [6.45, 7) is 15.7. The van der Waals surface area contributed by atoms with Crippen LogP contribution < -0.4 is 0 Å². The van der Waals surface area contributed by atoms with Crippen molar-refractivity contribution in [3.05, 3.63) is 23.3 Å². The summed E-state index contributed by atoms with van der Waals surface area (Å²) in [6, 6.07) is 0. The molecule has 0 aliphatic heterocycles. The van der Waals surface area contributed by atoms with Gasteiger partial charge >= 0.3 is 17.9 Å². The van der Waals surface area contributed by atoms with Crippen molar-refractivity contribution in [2.75, 3.05) is 7.11 Å². The van der Waals surface area contributed by atoms with E-state index >= 15 is 0 Å². The first-order valence-electron chi connectivity index (χ1n) is 12.6. The lowest BCUT2D eigenvalue weighted by Gasteiger charge is -2.62. The van der Waals surface area contributed by atoms with Gasteiger partial charge in [0.25, 0.3) is 0 Å². The topological polar surface area (TPSA) is 78.9 Å². The van der Waals surface area contributed by atoms with Crippen molar-refractivity contribution in [1.29, 1.82) is 0 Å². The summed E-state index contributed by atoms with van der Waals surface area (Å²) in [5.41, 5.74) is 1.08. The number of carbonyl (C=O) groups excluding carboxylic acids is 3. The number of hydrogen-bond acceptors (Lipinski definition) is 6. The van der Waals surface area contributed by atoms with Crippen LogP contribution >= 0.6 is 0 Å². The summed E-state index contributed by atoms with van der Waals surface area (Å²) in [6.07, 6.45) is 6.92. The maximum atomic E-state index is 12.9. The fraction of sp³-hybridized carbons (Fsp3) is 0.750. The zero-order chi connectivity index (χ0) is 25.8. The van der Waals surface area contributed by atoms with E-state index in [9.17, 15) is 14.4 Å². The van der Waals surface area contributed by atoms with E-state index in [1.807, 2.05) is 6.92 Å². The zero-order valence-electron chi connectivity index (χ0n) is 22.5. The third-order valence-electron chi connectivity index (χ3n) is 8.91. The van der Waals surface area contributed by atoms with Gasteiger partial charge in [-0.1, -0.05) is 45.4 Å². The number of rotatable bonds is 8. The first-order valence-corrected chi connectivity index (χ1v) is 12.6. The monoisotopic (exact) mass is 476 g/mol. The standard InChI is InChI=1S/C28H44O6/c1-10-18(3)26(31)34-25-24(33-21(6)29)20(5)27(7,15-14-17(2)16-23(30)32-9)22-13-11-12-19(4)28(22,25)8/h10,12,17,20,22,24-25H,11,13-16H2,1-9H3/b18-10-/t17-,20-,22-,24-,25+,27+,28+/m1/s1. The zero-order valence-corrected chi connectivity index (χ0v) is 22.5. The van der Waals surface area contributed by atoms with E-state index < -0.39 is 17.6 Å². The van der Waals surface area contributed by atoms with Gasteiger partial charge in [-0.15, -0.1) is 0 Å². The quantitative estimate of drug-likeness (QED) is 0.191. The molecule has 0 radical (unpaired) electrons. The smallest absolute Gasteiger partial charge is 0.333 e. The number of fused-ring (bicyclic) bond motifs is 1. The van der Waals surface area contributed by atoms with Crippen LogP contribution in [0, 0.1) is 28.6 Å². The fourth-order valence-electron chi connectivity index (χ4n) is 6.29. The van der Waals surface area contributed by atoms with Crippen molar-refractivity contribution in [2.45, 2.75) is 99.7 Å². The normalized spacial score (nSPS) is 34.4. The van der Waals surface area contributed by atoms with Crippen LogP contribution in [0.15, 0.2) is 23.3 Å². The van der Waals surface area contributed by atoms with Gasteiger partial charge in [-0.25, -0.2) is 4.79 Å². The van der Waals surface area contributed by atoms with E-state index in [0.717, 1.165) is 25.7 Å². The number of hydrogen-bond donors (Lipinski definition) is 0. The number of ether oxygens (including phenoxy) is 3. The molecule has 0 bridgehead atoms. The molecule has 0 spiro atoms. The lowest BCUT2D eigenvalue weighted by molar-refractivity contribution is -0.222. The molecule has 7 atom stereocenters. The molecular weight excluding hydrogens is 432 g/mol. The number of allylic oxidation sites excluding steroid dienone is 2. The molecule has 6 heteroatoms. The van der Waals surface area contributed by atoms with Gasteiger partial charge in [0, 0.05) is 30.3 Å². The van der Waals surface area contributed by atoms with Gasteiger partial charge < -0.3 is 14.2 Å². The second-order valence-electron chi connectivity index (χ2n) is 10.9. The summed E-state index contributed by atoms with van der Waals surface area (Å²) in [5.74, 6) is -0.551. The molecule has 0 amide bonds. The average Bonchev–Trinajstić information content (AvgIpc) is 2.79. The molecule has 0 aromatic carbocycles. The Balaban J connectivity index is 2.51. The van der Waals surface area contributed by atoms with Crippen molar-refractivity contribution in [3.63, 3.8) is 0 Å². The summed E-state index contributed by atoms with van der Waals surface area (Å²) >= 11 is 0. The van der Waals surface area contributed by atoms with Gasteiger partial charge in [-0.3, -0.25) is 9.59 Å². The van der Waals surface area contributed by atoms with E-state index in [-0.39, 0.29) is 41.1 Å². The van der Waals surface area contributed by atoms with Crippen LogP contribution in [0.25, 0.3) is 0 Å². The van der Waals surface area contributed by atoms with Crippen LogP contribution in [-0.4, -0.2) is 37.2 Å². The lowest BCUT2D eigenvalue weighted by Crippen LogP contribution is -2.65. The second kappa shape index (κ2) is 11.1. The van der Waals surface area contributed by atoms with Crippen LogP contribution in [0.3, 0.4) is 0 Å². The molecule has 0 aromatic heterocycles. The van der Waals surface area contributed by atoms with E-state index in [2.05, 4.69) is 40.7 Å². The van der Waals surface area contributed by atoms with E-state index in [1.165, 1.54) is 19.6 Å². The Morgan fingerprint density at radius 2 is 1.85 bits per heavy atom. The average molecular weight is 477 g/mol. The molecule has 2 aliphatic rings. The summed E-state index contributed by atoms with van der Waals surface area (Å²) in [5, 5.41) is 0. The molecule has 1 fully saturated rings. The van der Waals surface area contributed by atoms with Crippen LogP contribution in [-0.2, 0) is 28.6 Å². The molecule has 2 rings (SSSR count). The molecule has 0 heterocycles. The van der Waals surface area contributed by atoms with E-state index in [0.29, 0.717) is 12.0 Å². The molecule has 0 unspecified atom stereocenters. The van der Waals surface area contributed by atoms with Crippen LogP contribution in [0.1, 0.15) is 87.5 Å². The minimum Gasteiger partial charge on any atom is -0.469 e. The SMILES string of the molecule is C/C=C(/C)C(=O)O[C@H]1[C@H](OC(C)=O)[C@@H](C)[C@](C)(CC[C@@H](C)CC(=O)OC)[C@H]2CCC=C(C)[C@@]21C. The number of methoxy groups -OCH3 is 1. The largest absolute Gasteiger partial charge is 0.469 e. The van der Waals surface area contributed by atoms with E-state index in [1.54, 1.807) is 13.0 Å². The van der Waals surface area contributed by atoms with Gasteiger partial charge in [0.1, 0.15) is 12.2 Å². The number of esters is 3. The molecule has 0 aromatic rings. The van der Waals surface area contributed by atoms with Crippen molar-refractivity contribution in [1.82, 2.24) is 0 Å². The highest BCUT2D eigenvalue weighted by Gasteiger charge is 2.64. The second-order valence-corrected chi connectivity index (χ2v) is 10.9. The molecule has 6 nitrogen and oxygen atoms in total. The Labute approximate surface area is 205 Å². The van der Waals surface area contributed by atoms with Crippen molar-refractivity contribution in [3.8, 4) is 0 Å². The van der Waals surface area contributed by atoms with Crippen molar-refractivity contribution >= 4 is 17.9 Å². The van der Waals surface area contributed by atoms with Gasteiger partial charge in [-0.2, -0.15) is 0 Å². The molecule has 34 heavy (non-hydrogen) atoms. The van der Waals surface area contributed by atoms with Gasteiger partial charge in [0.2, 0.25) is 0 Å². The van der Waals surface area contributed by atoms with Crippen LogP contribution in [0.4, 0.5) is 0 Å². The van der Waals surface area contributed by atoms with Crippen LogP contribution in [0.5, 0.6) is 0 Å². The van der Waals surface area contributed by atoms with E-state index in [4.69, 9.17) is 14.2 Å². The molecule has 1 saturated carbocycles. The fourth-order valence-corrected chi connectivity index (χ4v) is 6.29. The van der Waals surface area contributed by atoms with Crippen molar-refractivity contribution < 1.29 is 28.6 Å². The maximum Gasteiger partial charge on any atom is 0.333 e. The van der Waals surface area contributed by atoms with Gasteiger partial charge in [0.05, 0.1) is 7.11 Å². The molecule has 192 valence electrons. The first-order chi connectivity index (χ1) is 15.8. The Kier molecular flexibility index (Phi) is 9.17. The highest BCUT2D eigenvalue weighted by molar-refractivity contribution is 5.87. The predicted molar refractivity (Wildman–Crippen MR) is 132 cm³/mol. The Bertz CT molecular complexity index is 842. The van der Waals surface area contributed by atoms with Gasteiger partial charge in [0.15, 0.2) is 0 Å². The maximum absolute atomic E-state index is 12.9. The van der Waals surface area contributed by atoms with Gasteiger partial charge in [-0.05, 0) is 63.7 Å². The highest BCUT2D eigenvalue weighted by atomic mass is 16.6. The third kappa shape index (κ3) is 5.41. The highest BCUT2D eigenvalue weighted by Crippen LogP contribution is 2.63.